The van der Waals surface area contributed by atoms with Gasteiger partial charge in [0.1, 0.15) is 0 Å². The summed E-state index contributed by atoms with van der Waals surface area (Å²) in [6.45, 7) is 12.9. The van der Waals surface area contributed by atoms with Crippen molar-refractivity contribution in [2.24, 2.45) is 0 Å². The maximum absolute atomic E-state index is 7.76. The van der Waals surface area contributed by atoms with Crippen LogP contribution in [0.4, 0.5) is 0 Å². The molecule has 0 aliphatic rings. The fourth-order valence-corrected chi connectivity index (χ4v) is 2.27. The minimum absolute atomic E-state index is 0.00338. The van der Waals surface area contributed by atoms with Gasteiger partial charge in [0.15, 0.2) is 0 Å². The summed E-state index contributed by atoms with van der Waals surface area (Å²) >= 11 is 4.25. The van der Waals surface area contributed by atoms with Crippen LogP contribution in [0.2, 0.25) is 0 Å². The van der Waals surface area contributed by atoms with Crippen molar-refractivity contribution in [3.8, 4) is 0 Å². The van der Waals surface area contributed by atoms with E-state index in [1.165, 1.54) is 0 Å². The summed E-state index contributed by atoms with van der Waals surface area (Å²) in [5.41, 5.74) is -0.00676. The van der Waals surface area contributed by atoms with E-state index in [-0.39, 0.29) is 11.1 Å². The summed E-state index contributed by atoms with van der Waals surface area (Å²) < 4.78 is 0.358. The van der Waals surface area contributed by atoms with Crippen LogP contribution < -0.4 is 0 Å². The van der Waals surface area contributed by atoms with E-state index >= 15 is 0 Å². The SMILES string of the molecule is CCC(C)(C)N([C](=N)[Co])C(C)(C)CC. The standard InChI is InChI=1S/C11H23N2.Co/c1-7-10(3,4)13(9-12)11(5,6)8-2;/h12H,7-8H2,1-6H3;. The van der Waals surface area contributed by atoms with Crippen LogP contribution in [0.25, 0.3) is 0 Å². The predicted molar refractivity (Wildman–Crippen MR) is 58.3 cm³/mol. The molecule has 14 heavy (non-hydrogen) atoms. The fourth-order valence-electron chi connectivity index (χ4n) is 1.64. The van der Waals surface area contributed by atoms with Gasteiger partial charge in [0.25, 0.3) is 0 Å². The predicted octanol–water partition coefficient (Wildman–Crippen LogP) is 3.15. The van der Waals surface area contributed by atoms with Crippen molar-refractivity contribution in [2.45, 2.75) is 65.5 Å². The van der Waals surface area contributed by atoms with Crippen LogP contribution in [0.1, 0.15) is 54.4 Å². The molecular formula is C11H23CoN2. The number of rotatable bonds is 4. The first-order valence-corrected chi connectivity index (χ1v) is 5.73. The van der Waals surface area contributed by atoms with E-state index in [2.05, 4.69) is 62.2 Å². The van der Waals surface area contributed by atoms with Crippen molar-refractivity contribution in [2.75, 3.05) is 0 Å². The summed E-state index contributed by atoms with van der Waals surface area (Å²) in [6, 6.07) is 0. The van der Waals surface area contributed by atoms with Gasteiger partial charge in [0.05, 0.1) is 0 Å². The molecule has 0 bridgehead atoms. The van der Waals surface area contributed by atoms with Gasteiger partial charge in [0, 0.05) is 0 Å². The van der Waals surface area contributed by atoms with Gasteiger partial charge >= 0.3 is 96.3 Å². The zero-order valence-electron chi connectivity index (χ0n) is 10.2. The van der Waals surface area contributed by atoms with Crippen molar-refractivity contribution in [3.05, 3.63) is 0 Å². The van der Waals surface area contributed by atoms with Gasteiger partial charge in [-0.05, 0) is 0 Å². The summed E-state index contributed by atoms with van der Waals surface area (Å²) in [7, 11) is 0. The molecule has 0 fully saturated rings. The molecule has 0 aliphatic heterocycles. The van der Waals surface area contributed by atoms with Crippen molar-refractivity contribution in [1.29, 1.82) is 5.41 Å². The Labute approximate surface area is 96.5 Å². The van der Waals surface area contributed by atoms with Crippen molar-refractivity contribution >= 4 is 4.77 Å². The van der Waals surface area contributed by atoms with Crippen molar-refractivity contribution in [1.82, 2.24) is 4.90 Å². The van der Waals surface area contributed by atoms with Crippen LogP contribution in [0, 0.1) is 5.41 Å². The molecular weight excluding hydrogens is 219 g/mol. The summed E-state index contributed by atoms with van der Waals surface area (Å²) in [5.74, 6) is 0. The Bertz CT molecular complexity index is 193. The topological polar surface area (TPSA) is 27.1 Å². The fraction of sp³-hybridized carbons (Fsp3) is 0.909. The molecule has 86 valence electrons. The van der Waals surface area contributed by atoms with Crippen LogP contribution in [-0.4, -0.2) is 20.7 Å². The molecule has 0 saturated heterocycles. The Balaban J connectivity index is 5.06. The summed E-state index contributed by atoms with van der Waals surface area (Å²) in [5, 5.41) is 7.76. The van der Waals surface area contributed by atoms with Crippen molar-refractivity contribution in [3.63, 3.8) is 0 Å². The molecule has 0 amide bonds. The molecule has 0 unspecified atom stereocenters. The molecule has 3 heteroatoms. The van der Waals surface area contributed by atoms with E-state index in [9.17, 15) is 0 Å². The molecule has 1 N–H and O–H groups in total. The number of hydrogen-bond donors (Lipinski definition) is 1. The molecule has 0 aromatic carbocycles. The Hall–Kier alpha value is -0.0235. The van der Waals surface area contributed by atoms with Crippen LogP contribution in [0.15, 0.2) is 0 Å². The Morgan fingerprint density at radius 3 is 1.50 bits per heavy atom. The molecule has 2 nitrogen and oxygen atoms in total. The van der Waals surface area contributed by atoms with Gasteiger partial charge in [-0.2, -0.15) is 0 Å². The van der Waals surface area contributed by atoms with Crippen LogP contribution in [0.5, 0.6) is 0 Å². The van der Waals surface area contributed by atoms with E-state index in [0.717, 1.165) is 12.8 Å². The second-order valence-electron chi connectivity index (χ2n) is 4.94. The second kappa shape index (κ2) is 4.66. The quantitative estimate of drug-likeness (QED) is 0.595. The summed E-state index contributed by atoms with van der Waals surface area (Å²) in [4.78, 5) is 2.10. The number of nitrogens with one attached hydrogen (secondary N) is 1. The van der Waals surface area contributed by atoms with E-state index in [1.54, 1.807) is 0 Å². The molecule has 0 aliphatic carbocycles. The third-order valence-electron chi connectivity index (χ3n) is 3.13. The van der Waals surface area contributed by atoms with E-state index in [4.69, 9.17) is 5.41 Å². The third kappa shape index (κ3) is 2.99. The first kappa shape index (κ1) is 14.0. The van der Waals surface area contributed by atoms with E-state index in [1.807, 2.05) is 0 Å². The molecule has 0 heterocycles. The average molecular weight is 242 g/mol. The molecule has 0 atom stereocenters. The van der Waals surface area contributed by atoms with Crippen LogP contribution in [0.3, 0.4) is 0 Å². The molecule has 0 aromatic rings. The maximum atomic E-state index is 7.76. The second-order valence-corrected chi connectivity index (χ2v) is 5.43. The normalized spacial score (nSPS) is 12.9. The van der Waals surface area contributed by atoms with Crippen LogP contribution >= 0.6 is 0 Å². The van der Waals surface area contributed by atoms with Gasteiger partial charge in [-0.3, -0.25) is 0 Å². The van der Waals surface area contributed by atoms with Gasteiger partial charge in [-0.1, -0.05) is 0 Å². The zero-order valence-corrected chi connectivity index (χ0v) is 11.2. The third-order valence-corrected chi connectivity index (χ3v) is 3.36. The first-order valence-electron chi connectivity index (χ1n) is 5.21. The van der Waals surface area contributed by atoms with Crippen molar-refractivity contribution < 1.29 is 15.7 Å². The van der Waals surface area contributed by atoms with Gasteiger partial charge in [0.2, 0.25) is 0 Å². The number of amidine groups is 1. The number of hydrogen-bond acceptors (Lipinski definition) is 1. The monoisotopic (exact) mass is 242 g/mol. The Morgan fingerprint density at radius 1 is 1.07 bits per heavy atom. The minimum atomic E-state index is -0.00338. The summed E-state index contributed by atoms with van der Waals surface area (Å²) in [6.07, 6.45) is 2.02. The average Bonchev–Trinajstić information content (AvgIpc) is 2.02. The van der Waals surface area contributed by atoms with E-state index < -0.39 is 0 Å². The Kier molecular flexibility index (Phi) is 4.66. The number of nitrogens with zero attached hydrogens (tertiary/aromatic N) is 1. The molecule has 0 spiro atoms. The van der Waals surface area contributed by atoms with Gasteiger partial charge in [-0.15, -0.1) is 0 Å². The molecule has 0 aromatic heterocycles. The molecule has 0 saturated carbocycles. The van der Waals surface area contributed by atoms with Crippen LogP contribution in [-0.2, 0) is 15.7 Å². The first-order chi connectivity index (χ1) is 6.19. The van der Waals surface area contributed by atoms with E-state index in [0.29, 0.717) is 4.77 Å². The molecule has 0 rings (SSSR count). The van der Waals surface area contributed by atoms with Gasteiger partial charge < -0.3 is 0 Å². The zero-order chi connectivity index (χ0) is 11.6. The molecule has 0 radical (unpaired) electrons. The van der Waals surface area contributed by atoms with Gasteiger partial charge in [-0.25, -0.2) is 0 Å². The Morgan fingerprint density at radius 2 is 1.36 bits per heavy atom.